The zero-order valence-corrected chi connectivity index (χ0v) is 15.6. The van der Waals surface area contributed by atoms with Crippen molar-refractivity contribution in [3.8, 4) is 11.3 Å². The molecule has 0 aliphatic carbocycles. The van der Waals surface area contributed by atoms with Gasteiger partial charge in [0.2, 0.25) is 5.91 Å². The molecule has 0 atom stereocenters. The van der Waals surface area contributed by atoms with Crippen molar-refractivity contribution in [1.29, 1.82) is 0 Å². The number of aliphatic hydroxyl groups excluding tert-OH is 1. The maximum absolute atomic E-state index is 11.9. The molecule has 1 amide bonds. The first-order valence-electron chi connectivity index (χ1n) is 8.30. The molecule has 0 unspecified atom stereocenters. The van der Waals surface area contributed by atoms with Gasteiger partial charge in [-0.25, -0.2) is 0 Å². The van der Waals surface area contributed by atoms with E-state index in [2.05, 4.69) is 24.5 Å². The lowest BCUT2D eigenvalue weighted by atomic mass is 10.1. The highest BCUT2D eigenvalue weighted by molar-refractivity contribution is 7.80. The number of amides is 1. The highest BCUT2D eigenvalue weighted by Gasteiger charge is 2.10. The number of anilines is 1. The number of carbonyl (C=O) groups excluding carboxylic acids is 1. The van der Waals surface area contributed by atoms with E-state index in [0.29, 0.717) is 23.9 Å². The van der Waals surface area contributed by atoms with Gasteiger partial charge in [0.15, 0.2) is 5.11 Å². The van der Waals surface area contributed by atoms with E-state index in [9.17, 15) is 4.79 Å². The molecular weight excluding hydrogens is 336 g/mol. The summed E-state index contributed by atoms with van der Waals surface area (Å²) in [6.07, 6.45) is 1.28. The predicted octanol–water partition coefficient (Wildman–Crippen LogP) is 4.00. The van der Waals surface area contributed by atoms with Crippen LogP contribution in [0.4, 0.5) is 5.69 Å². The van der Waals surface area contributed by atoms with Gasteiger partial charge < -0.3 is 20.2 Å². The number of benzene rings is 1. The monoisotopic (exact) mass is 360 g/mol. The number of aryl methyl sites for hydroxylation is 1. The molecule has 3 N–H and O–H groups in total. The quantitative estimate of drug-likeness (QED) is 0.679. The Kier molecular flexibility index (Phi) is 6.73. The third-order valence-corrected chi connectivity index (χ3v) is 3.99. The van der Waals surface area contributed by atoms with Gasteiger partial charge in [0.05, 0.1) is 0 Å². The van der Waals surface area contributed by atoms with Crippen LogP contribution in [0, 0.1) is 12.8 Å². The van der Waals surface area contributed by atoms with E-state index >= 15 is 0 Å². The van der Waals surface area contributed by atoms with Crippen LogP contribution in [0.1, 0.15) is 38.0 Å². The summed E-state index contributed by atoms with van der Waals surface area (Å²) in [7, 11) is 0. The Morgan fingerprint density at radius 1 is 1.28 bits per heavy atom. The minimum absolute atomic E-state index is 0.0846. The molecule has 0 radical (unpaired) electrons. The molecule has 0 fully saturated rings. The van der Waals surface area contributed by atoms with E-state index in [4.69, 9.17) is 21.7 Å². The number of hydrogen-bond acceptors (Lipinski definition) is 4. The molecule has 2 rings (SSSR count). The Balaban J connectivity index is 2.04. The number of hydrogen-bond donors (Lipinski definition) is 3. The summed E-state index contributed by atoms with van der Waals surface area (Å²) in [6, 6.07) is 9.34. The fourth-order valence-corrected chi connectivity index (χ4v) is 2.51. The average molecular weight is 360 g/mol. The van der Waals surface area contributed by atoms with Crippen molar-refractivity contribution in [3.05, 3.63) is 41.7 Å². The van der Waals surface area contributed by atoms with E-state index in [1.807, 2.05) is 31.2 Å². The maximum Gasteiger partial charge on any atom is 0.226 e. The Hall–Kier alpha value is -2.18. The molecule has 0 saturated carbocycles. The van der Waals surface area contributed by atoms with Gasteiger partial charge in [-0.1, -0.05) is 26.0 Å². The van der Waals surface area contributed by atoms with Crippen LogP contribution in [-0.2, 0) is 11.4 Å². The zero-order valence-electron chi connectivity index (χ0n) is 14.8. The van der Waals surface area contributed by atoms with Crippen molar-refractivity contribution in [2.24, 2.45) is 5.92 Å². The van der Waals surface area contributed by atoms with Gasteiger partial charge in [0, 0.05) is 17.7 Å². The Labute approximate surface area is 153 Å². The third kappa shape index (κ3) is 5.69. The van der Waals surface area contributed by atoms with Gasteiger partial charge in [-0.05, 0) is 55.2 Å². The number of aliphatic hydroxyl groups is 1. The van der Waals surface area contributed by atoms with E-state index in [1.54, 1.807) is 6.07 Å². The molecule has 1 aromatic carbocycles. The molecule has 1 aromatic heterocycles. The molecule has 1 heterocycles. The van der Waals surface area contributed by atoms with Crippen molar-refractivity contribution >= 4 is 28.9 Å². The molecule has 0 aliphatic heterocycles. The average Bonchev–Trinajstić information content (AvgIpc) is 3.04. The molecule has 25 heavy (non-hydrogen) atoms. The highest BCUT2D eigenvalue weighted by atomic mass is 32.1. The summed E-state index contributed by atoms with van der Waals surface area (Å²) < 4.78 is 5.56. The molecule has 0 bridgehead atoms. The van der Waals surface area contributed by atoms with Crippen LogP contribution in [0.25, 0.3) is 11.3 Å². The Morgan fingerprint density at radius 3 is 2.68 bits per heavy atom. The SMILES string of the molecule is Cc1ccc(-c2ccc(CO)o2)cc1NC(=S)NC(=O)CCC(C)C. The second kappa shape index (κ2) is 8.78. The van der Waals surface area contributed by atoms with Crippen LogP contribution in [0.15, 0.2) is 34.7 Å². The summed E-state index contributed by atoms with van der Waals surface area (Å²) in [5.41, 5.74) is 2.66. The van der Waals surface area contributed by atoms with E-state index in [-0.39, 0.29) is 17.6 Å². The summed E-state index contributed by atoms with van der Waals surface area (Å²) in [5.74, 6) is 1.57. The smallest absolute Gasteiger partial charge is 0.226 e. The molecule has 6 heteroatoms. The fraction of sp³-hybridized carbons (Fsp3) is 0.368. The van der Waals surface area contributed by atoms with Gasteiger partial charge >= 0.3 is 0 Å². The molecule has 2 aromatic rings. The highest BCUT2D eigenvalue weighted by Crippen LogP contribution is 2.27. The van der Waals surface area contributed by atoms with Gasteiger partial charge in [0.1, 0.15) is 18.1 Å². The second-order valence-corrected chi connectivity index (χ2v) is 6.80. The minimum atomic E-state index is -0.135. The number of thiocarbonyl (C=S) groups is 1. The summed E-state index contributed by atoms with van der Waals surface area (Å²) >= 11 is 5.24. The number of rotatable bonds is 6. The Morgan fingerprint density at radius 2 is 2.04 bits per heavy atom. The van der Waals surface area contributed by atoms with Crippen molar-refractivity contribution in [2.75, 3.05) is 5.32 Å². The van der Waals surface area contributed by atoms with Crippen molar-refractivity contribution < 1.29 is 14.3 Å². The second-order valence-electron chi connectivity index (χ2n) is 6.39. The fourth-order valence-electron chi connectivity index (χ4n) is 2.29. The summed E-state index contributed by atoms with van der Waals surface area (Å²) in [5, 5.41) is 15.2. The summed E-state index contributed by atoms with van der Waals surface area (Å²) in [4.78, 5) is 11.9. The summed E-state index contributed by atoms with van der Waals surface area (Å²) in [6.45, 7) is 5.98. The number of furan rings is 1. The standard InChI is InChI=1S/C19H24N2O3S/c1-12(2)4-9-18(23)21-19(25)20-16-10-14(6-5-13(16)3)17-8-7-15(11-22)24-17/h5-8,10,12,22H,4,9,11H2,1-3H3,(H2,20,21,23,25). The predicted molar refractivity (Wildman–Crippen MR) is 103 cm³/mol. The van der Waals surface area contributed by atoms with Crippen LogP contribution in [0.3, 0.4) is 0 Å². The van der Waals surface area contributed by atoms with Crippen molar-refractivity contribution in [3.63, 3.8) is 0 Å². The molecule has 0 aliphatic rings. The lowest BCUT2D eigenvalue weighted by Crippen LogP contribution is -2.34. The first-order chi connectivity index (χ1) is 11.9. The van der Waals surface area contributed by atoms with Gasteiger partial charge in [-0.3, -0.25) is 4.79 Å². The molecule has 134 valence electrons. The van der Waals surface area contributed by atoms with Gasteiger partial charge in [-0.15, -0.1) is 0 Å². The molecule has 0 spiro atoms. The lowest BCUT2D eigenvalue weighted by molar-refractivity contribution is -0.119. The molecule has 5 nitrogen and oxygen atoms in total. The van der Waals surface area contributed by atoms with E-state index in [0.717, 1.165) is 23.2 Å². The minimum Gasteiger partial charge on any atom is -0.459 e. The zero-order chi connectivity index (χ0) is 18.4. The van der Waals surface area contributed by atoms with Crippen LogP contribution in [-0.4, -0.2) is 16.1 Å². The first-order valence-corrected chi connectivity index (χ1v) is 8.71. The third-order valence-electron chi connectivity index (χ3n) is 3.79. The normalized spacial score (nSPS) is 10.8. The molecular formula is C19H24N2O3S. The van der Waals surface area contributed by atoms with Crippen LogP contribution in [0.5, 0.6) is 0 Å². The largest absolute Gasteiger partial charge is 0.459 e. The number of carbonyl (C=O) groups is 1. The topological polar surface area (TPSA) is 74.5 Å². The van der Waals surface area contributed by atoms with Crippen LogP contribution >= 0.6 is 12.2 Å². The first kappa shape index (κ1) is 19.1. The number of nitrogens with one attached hydrogen (secondary N) is 2. The van der Waals surface area contributed by atoms with Gasteiger partial charge in [0.25, 0.3) is 0 Å². The van der Waals surface area contributed by atoms with Crippen molar-refractivity contribution in [1.82, 2.24) is 5.32 Å². The Bertz CT molecular complexity index is 753. The van der Waals surface area contributed by atoms with E-state index in [1.165, 1.54) is 0 Å². The maximum atomic E-state index is 11.9. The van der Waals surface area contributed by atoms with Gasteiger partial charge in [-0.2, -0.15) is 0 Å². The van der Waals surface area contributed by atoms with E-state index < -0.39 is 0 Å². The molecule has 0 saturated heterocycles. The van der Waals surface area contributed by atoms with Crippen LogP contribution in [0.2, 0.25) is 0 Å². The lowest BCUT2D eigenvalue weighted by Gasteiger charge is -2.13. The van der Waals surface area contributed by atoms with Crippen LogP contribution < -0.4 is 10.6 Å². The van der Waals surface area contributed by atoms with Crippen molar-refractivity contribution in [2.45, 2.75) is 40.2 Å².